The zero-order chi connectivity index (χ0) is 10.6. The van der Waals surface area contributed by atoms with Crippen molar-refractivity contribution < 1.29 is 0 Å². The van der Waals surface area contributed by atoms with Gasteiger partial charge in [-0.05, 0) is 36.0 Å². The van der Waals surface area contributed by atoms with Gasteiger partial charge in [0.1, 0.15) is 0 Å². The Kier molecular flexibility index (Phi) is 4.59. The van der Waals surface area contributed by atoms with E-state index < -0.39 is 0 Å². The van der Waals surface area contributed by atoms with Gasteiger partial charge in [0.05, 0.1) is 12.0 Å². The SMILES string of the molecule is CC(C#N)CN(C)Cc1cc(Br)cs1. The average molecular weight is 273 g/mol. The van der Waals surface area contributed by atoms with E-state index in [1.54, 1.807) is 11.3 Å². The van der Waals surface area contributed by atoms with E-state index in [0.29, 0.717) is 0 Å². The molecule has 0 bridgehead atoms. The van der Waals surface area contributed by atoms with Crippen LogP contribution in [0.25, 0.3) is 0 Å². The second kappa shape index (κ2) is 5.50. The highest BCUT2D eigenvalue weighted by Gasteiger charge is 2.06. The van der Waals surface area contributed by atoms with Crippen molar-refractivity contribution in [3.8, 4) is 6.07 Å². The van der Waals surface area contributed by atoms with Gasteiger partial charge in [0.15, 0.2) is 0 Å². The Bertz CT molecular complexity index is 329. The first-order valence-electron chi connectivity index (χ1n) is 4.43. The molecule has 1 heterocycles. The van der Waals surface area contributed by atoms with Gasteiger partial charge in [-0.3, -0.25) is 0 Å². The molecule has 4 heteroatoms. The summed E-state index contributed by atoms with van der Waals surface area (Å²) in [5.41, 5.74) is 0. The predicted molar refractivity (Wildman–Crippen MR) is 63.1 cm³/mol. The molecule has 0 aliphatic heterocycles. The van der Waals surface area contributed by atoms with Crippen LogP contribution in [0, 0.1) is 17.2 Å². The minimum absolute atomic E-state index is 0.100. The van der Waals surface area contributed by atoms with Crippen molar-refractivity contribution in [1.82, 2.24) is 4.90 Å². The molecule has 76 valence electrons. The van der Waals surface area contributed by atoms with Crippen molar-refractivity contribution in [3.63, 3.8) is 0 Å². The van der Waals surface area contributed by atoms with E-state index in [0.717, 1.165) is 17.6 Å². The predicted octanol–water partition coefficient (Wildman–Crippen LogP) is 3.10. The number of halogens is 1. The highest BCUT2D eigenvalue weighted by Crippen LogP contribution is 2.20. The van der Waals surface area contributed by atoms with Gasteiger partial charge in [0, 0.05) is 27.8 Å². The third-order valence-electron chi connectivity index (χ3n) is 1.85. The number of hydrogen-bond acceptors (Lipinski definition) is 3. The maximum Gasteiger partial charge on any atom is 0.0666 e. The smallest absolute Gasteiger partial charge is 0.0666 e. The van der Waals surface area contributed by atoms with E-state index >= 15 is 0 Å². The second-order valence-electron chi connectivity index (χ2n) is 3.46. The fraction of sp³-hybridized carbons (Fsp3) is 0.500. The van der Waals surface area contributed by atoms with Crippen LogP contribution in [0.1, 0.15) is 11.8 Å². The summed E-state index contributed by atoms with van der Waals surface area (Å²) in [6, 6.07) is 4.36. The Morgan fingerprint density at radius 3 is 2.93 bits per heavy atom. The maximum absolute atomic E-state index is 8.67. The lowest BCUT2D eigenvalue weighted by molar-refractivity contribution is 0.305. The summed E-state index contributed by atoms with van der Waals surface area (Å²) in [6.07, 6.45) is 0. The molecule has 1 aromatic rings. The fourth-order valence-electron chi connectivity index (χ4n) is 1.28. The molecule has 0 aromatic carbocycles. The van der Waals surface area contributed by atoms with Crippen LogP contribution < -0.4 is 0 Å². The Labute approximate surface area is 97.3 Å². The van der Waals surface area contributed by atoms with Gasteiger partial charge in [-0.2, -0.15) is 5.26 Å². The minimum atomic E-state index is 0.100. The topological polar surface area (TPSA) is 27.0 Å². The Hall–Kier alpha value is -0.370. The largest absolute Gasteiger partial charge is 0.300 e. The molecule has 0 N–H and O–H groups in total. The average Bonchev–Trinajstić information content (AvgIpc) is 2.50. The van der Waals surface area contributed by atoms with Gasteiger partial charge >= 0.3 is 0 Å². The molecule has 0 saturated carbocycles. The number of nitriles is 1. The quantitative estimate of drug-likeness (QED) is 0.842. The monoisotopic (exact) mass is 272 g/mol. The first kappa shape index (κ1) is 11.7. The molecule has 1 unspecified atom stereocenters. The standard InChI is InChI=1S/C10H13BrN2S/c1-8(4-12)5-13(2)6-10-3-9(11)7-14-10/h3,7-8H,5-6H2,1-2H3. The van der Waals surface area contributed by atoms with Gasteiger partial charge in [0.25, 0.3) is 0 Å². The lowest BCUT2D eigenvalue weighted by Crippen LogP contribution is -2.22. The van der Waals surface area contributed by atoms with Crippen LogP contribution in [-0.2, 0) is 6.54 Å². The molecule has 0 spiro atoms. The van der Waals surface area contributed by atoms with E-state index in [4.69, 9.17) is 5.26 Å². The highest BCUT2D eigenvalue weighted by atomic mass is 79.9. The molecule has 0 amide bonds. The van der Waals surface area contributed by atoms with Gasteiger partial charge < -0.3 is 4.90 Å². The molecule has 14 heavy (non-hydrogen) atoms. The van der Waals surface area contributed by atoms with Crippen LogP contribution >= 0.6 is 27.3 Å². The summed E-state index contributed by atoms with van der Waals surface area (Å²) in [7, 11) is 2.04. The van der Waals surface area contributed by atoms with E-state index in [2.05, 4.69) is 38.3 Å². The van der Waals surface area contributed by atoms with Gasteiger partial charge in [-0.25, -0.2) is 0 Å². The van der Waals surface area contributed by atoms with Gasteiger partial charge in [-0.15, -0.1) is 11.3 Å². The first-order chi connectivity index (χ1) is 6.61. The zero-order valence-electron chi connectivity index (χ0n) is 8.33. The zero-order valence-corrected chi connectivity index (χ0v) is 10.7. The fourth-order valence-corrected chi connectivity index (χ4v) is 2.81. The summed E-state index contributed by atoms with van der Waals surface area (Å²) >= 11 is 5.17. The number of thiophene rings is 1. The molecule has 0 aliphatic rings. The van der Waals surface area contributed by atoms with Crippen LogP contribution in [-0.4, -0.2) is 18.5 Å². The lowest BCUT2D eigenvalue weighted by Gasteiger charge is -2.16. The van der Waals surface area contributed by atoms with E-state index in [-0.39, 0.29) is 5.92 Å². The molecule has 0 radical (unpaired) electrons. The second-order valence-corrected chi connectivity index (χ2v) is 5.37. The molecule has 1 aromatic heterocycles. The molecule has 1 atom stereocenters. The summed E-state index contributed by atoms with van der Waals surface area (Å²) in [5, 5.41) is 10.8. The Morgan fingerprint density at radius 2 is 2.43 bits per heavy atom. The molecular formula is C10H13BrN2S. The maximum atomic E-state index is 8.67. The van der Waals surface area contributed by atoms with E-state index in [1.165, 1.54) is 4.88 Å². The Balaban J connectivity index is 2.42. The van der Waals surface area contributed by atoms with Gasteiger partial charge in [0.2, 0.25) is 0 Å². The van der Waals surface area contributed by atoms with Crippen LogP contribution in [0.5, 0.6) is 0 Å². The van der Waals surface area contributed by atoms with Crippen molar-refractivity contribution in [1.29, 1.82) is 5.26 Å². The number of rotatable bonds is 4. The number of nitrogens with zero attached hydrogens (tertiary/aromatic N) is 2. The normalized spacial score (nSPS) is 12.8. The highest BCUT2D eigenvalue weighted by molar-refractivity contribution is 9.10. The van der Waals surface area contributed by atoms with Crippen LogP contribution in [0.15, 0.2) is 15.9 Å². The molecular weight excluding hydrogens is 260 g/mol. The van der Waals surface area contributed by atoms with E-state index in [1.807, 2.05) is 14.0 Å². The summed E-state index contributed by atoms with van der Waals surface area (Å²) < 4.78 is 1.14. The molecule has 0 saturated heterocycles. The van der Waals surface area contributed by atoms with E-state index in [9.17, 15) is 0 Å². The van der Waals surface area contributed by atoms with Gasteiger partial charge in [-0.1, -0.05) is 0 Å². The van der Waals surface area contributed by atoms with Crippen molar-refractivity contribution in [2.24, 2.45) is 5.92 Å². The van der Waals surface area contributed by atoms with Crippen LogP contribution in [0.4, 0.5) is 0 Å². The lowest BCUT2D eigenvalue weighted by atomic mass is 10.2. The molecule has 1 rings (SSSR count). The summed E-state index contributed by atoms with van der Waals surface area (Å²) in [6.45, 7) is 3.69. The van der Waals surface area contributed by atoms with Crippen molar-refractivity contribution in [3.05, 3.63) is 20.8 Å². The third kappa shape index (κ3) is 3.79. The third-order valence-corrected chi connectivity index (χ3v) is 3.54. The summed E-state index contributed by atoms with van der Waals surface area (Å²) in [4.78, 5) is 3.50. The Morgan fingerprint density at radius 1 is 1.71 bits per heavy atom. The first-order valence-corrected chi connectivity index (χ1v) is 6.10. The molecule has 0 aliphatic carbocycles. The van der Waals surface area contributed by atoms with Crippen molar-refractivity contribution >= 4 is 27.3 Å². The number of hydrogen-bond donors (Lipinski definition) is 0. The minimum Gasteiger partial charge on any atom is -0.300 e. The summed E-state index contributed by atoms with van der Waals surface area (Å²) in [5.74, 6) is 0.100. The van der Waals surface area contributed by atoms with Crippen LogP contribution in [0.2, 0.25) is 0 Å². The van der Waals surface area contributed by atoms with Crippen molar-refractivity contribution in [2.75, 3.05) is 13.6 Å². The molecule has 2 nitrogen and oxygen atoms in total. The molecule has 0 fully saturated rings. The van der Waals surface area contributed by atoms with Crippen LogP contribution in [0.3, 0.4) is 0 Å². The van der Waals surface area contributed by atoms with Crippen molar-refractivity contribution in [2.45, 2.75) is 13.5 Å².